The maximum atomic E-state index is 12.3. The zero-order valence-electron chi connectivity index (χ0n) is 12.0. The fraction of sp³-hybridized carbons (Fsp3) is 0.250. The van der Waals surface area contributed by atoms with Crippen LogP contribution in [0.1, 0.15) is 19.4 Å². The van der Waals surface area contributed by atoms with Crippen molar-refractivity contribution in [3.05, 3.63) is 47.4 Å². The second kappa shape index (κ2) is 6.91. The van der Waals surface area contributed by atoms with Gasteiger partial charge in [0.25, 0.3) is 5.91 Å². The quantitative estimate of drug-likeness (QED) is 0.468. The highest BCUT2D eigenvalue weighted by Gasteiger charge is 2.31. The molecule has 0 radical (unpaired) electrons. The van der Waals surface area contributed by atoms with Crippen molar-refractivity contribution in [1.82, 2.24) is 4.90 Å². The van der Waals surface area contributed by atoms with Crippen LogP contribution in [0.5, 0.6) is 5.75 Å². The Balaban J connectivity index is 2.30. The zero-order valence-corrected chi connectivity index (χ0v) is 13.7. The van der Waals surface area contributed by atoms with Gasteiger partial charge >= 0.3 is 0 Å². The largest absolute Gasteiger partial charge is 0.490 e. The van der Waals surface area contributed by atoms with Gasteiger partial charge in [-0.1, -0.05) is 48.3 Å². The van der Waals surface area contributed by atoms with E-state index in [1.54, 1.807) is 11.0 Å². The molecular formula is C16H17NO2S2. The number of rotatable bonds is 5. The van der Waals surface area contributed by atoms with Crippen LogP contribution in [0, 0.1) is 0 Å². The summed E-state index contributed by atoms with van der Waals surface area (Å²) in [6, 6.07) is 7.66. The fourth-order valence-corrected chi connectivity index (χ4v) is 3.15. The number of hydrogen-bond donors (Lipinski definition) is 0. The Morgan fingerprint density at radius 2 is 2.14 bits per heavy atom. The second-order valence-electron chi connectivity index (χ2n) is 4.79. The molecule has 0 aromatic heterocycles. The number of thioether (sulfide) groups is 1. The van der Waals surface area contributed by atoms with Crippen LogP contribution in [0.25, 0.3) is 6.08 Å². The van der Waals surface area contributed by atoms with E-state index >= 15 is 0 Å². The first-order valence-electron chi connectivity index (χ1n) is 6.65. The molecule has 1 aromatic rings. The number of thiocarbonyl (C=S) groups is 1. The Labute approximate surface area is 134 Å². The van der Waals surface area contributed by atoms with E-state index in [0.29, 0.717) is 15.8 Å². The lowest BCUT2D eigenvalue weighted by atomic mass is 10.2. The minimum Gasteiger partial charge on any atom is -0.490 e. The summed E-state index contributed by atoms with van der Waals surface area (Å²) >= 11 is 6.54. The summed E-state index contributed by atoms with van der Waals surface area (Å²) in [5.41, 5.74) is 0.880. The summed E-state index contributed by atoms with van der Waals surface area (Å²) in [7, 11) is 0. The predicted octanol–water partition coefficient (Wildman–Crippen LogP) is 3.86. The summed E-state index contributed by atoms with van der Waals surface area (Å²) < 4.78 is 6.33. The lowest BCUT2D eigenvalue weighted by Gasteiger charge is -2.12. The van der Waals surface area contributed by atoms with Gasteiger partial charge in [0.05, 0.1) is 11.0 Å². The standard InChI is InChI=1S/C16H17NO2S2/c1-4-9-17-15(18)14(21-16(17)20)10-12-7-5-6-8-13(12)19-11(2)3/h4-8,10-11H,1,9H2,2-3H3. The fourth-order valence-electron chi connectivity index (χ4n) is 1.89. The molecule has 0 atom stereocenters. The van der Waals surface area contributed by atoms with Crippen molar-refractivity contribution in [1.29, 1.82) is 0 Å². The highest BCUT2D eigenvalue weighted by Crippen LogP contribution is 2.34. The van der Waals surface area contributed by atoms with Crippen molar-refractivity contribution >= 4 is 40.3 Å². The van der Waals surface area contributed by atoms with Gasteiger partial charge in [-0.25, -0.2) is 0 Å². The molecule has 1 fully saturated rings. The van der Waals surface area contributed by atoms with Crippen LogP contribution in [-0.4, -0.2) is 27.8 Å². The van der Waals surface area contributed by atoms with E-state index in [1.165, 1.54) is 11.8 Å². The first-order valence-corrected chi connectivity index (χ1v) is 7.87. The number of para-hydroxylation sites is 1. The normalized spacial score (nSPS) is 16.9. The van der Waals surface area contributed by atoms with E-state index in [4.69, 9.17) is 17.0 Å². The van der Waals surface area contributed by atoms with Crippen LogP contribution in [0.4, 0.5) is 0 Å². The van der Waals surface area contributed by atoms with Crippen LogP contribution >= 0.6 is 24.0 Å². The Kier molecular flexibility index (Phi) is 5.20. The van der Waals surface area contributed by atoms with Gasteiger partial charge < -0.3 is 4.74 Å². The van der Waals surface area contributed by atoms with Gasteiger partial charge in [-0.2, -0.15) is 0 Å². The minimum absolute atomic E-state index is 0.0785. The molecule has 0 spiro atoms. The van der Waals surface area contributed by atoms with Crippen LogP contribution in [-0.2, 0) is 4.79 Å². The summed E-state index contributed by atoms with van der Waals surface area (Å²) in [5, 5.41) is 0. The lowest BCUT2D eigenvalue weighted by Crippen LogP contribution is -2.27. The Morgan fingerprint density at radius 1 is 1.43 bits per heavy atom. The van der Waals surface area contributed by atoms with Gasteiger partial charge in [-0.3, -0.25) is 9.69 Å². The molecule has 0 N–H and O–H groups in total. The third-order valence-electron chi connectivity index (χ3n) is 2.75. The van der Waals surface area contributed by atoms with Gasteiger partial charge in [0, 0.05) is 12.1 Å². The molecule has 1 heterocycles. The number of ether oxygens (including phenoxy) is 1. The van der Waals surface area contributed by atoms with Crippen molar-refractivity contribution in [3.63, 3.8) is 0 Å². The molecule has 1 amide bonds. The maximum absolute atomic E-state index is 12.3. The molecule has 3 nitrogen and oxygen atoms in total. The number of carbonyl (C=O) groups is 1. The molecule has 0 bridgehead atoms. The summed E-state index contributed by atoms with van der Waals surface area (Å²) in [4.78, 5) is 14.5. The Bertz CT molecular complexity index is 608. The molecule has 1 aromatic carbocycles. The molecule has 2 rings (SSSR count). The van der Waals surface area contributed by atoms with Gasteiger partial charge in [-0.05, 0) is 26.0 Å². The minimum atomic E-state index is -0.0794. The third-order valence-corrected chi connectivity index (χ3v) is 4.13. The smallest absolute Gasteiger partial charge is 0.266 e. The Hall–Kier alpha value is -1.59. The summed E-state index contributed by atoms with van der Waals surface area (Å²) in [6.45, 7) is 8.03. The van der Waals surface area contributed by atoms with Crippen molar-refractivity contribution in [2.75, 3.05) is 6.54 Å². The molecule has 21 heavy (non-hydrogen) atoms. The number of carbonyl (C=O) groups excluding carboxylic acids is 1. The second-order valence-corrected chi connectivity index (χ2v) is 6.46. The van der Waals surface area contributed by atoms with Gasteiger partial charge in [0.15, 0.2) is 0 Å². The van der Waals surface area contributed by atoms with Crippen molar-refractivity contribution in [3.8, 4) is 5.75 Å². The summed E-state index contributed by atoms with van der Waals surface area (Å²) in [6.07, 6.45) is 3.58. The SMILES string of the molecule is C=CCN1C(=O)C(=Cc2ccccc2OC(C)C)SC1=S. The highest BCUT2D eigenvalue weighted by molar-refractivity contribution is 8.26. The molecular weight excluding hydrogens is 302 g/mol. The van der Waals surface area contributed by atoms with E-state index in [2.05, 4.69) is 6.58 Å². The van der Waals surface area contributed by atoms with Crippen molar-refractivity contribution in [2.45, 2.75) is 20.0 Å². The number of amides is 1. The summed E-state index contributed by atoms with van der Waals surface area (Å²) in [5.74, 6) is 0.686. The predicted molar refractivity (Wildman–Crippen MR) is 92.3 cm³/mol. The Morgan fingerprint density at radius 3 is 2.81 bits per heavy atom. The van der Waals surface area contributed by atoms with Gasteiger partial charge in [0.2, 0.25) is 0 Å². The number of benzene rings is 1. The first-order chi connectivity index (χ1) is 10.0. The molecule has 110 valence electrons. The zero-order chi connectivity index (χ0) is 15.4. The number of hydrogen-bond acceptors (Lipinski definition) is 4. The molecule has 5 heteroatoms. The molecule has 1 aliphatic heterocycles. The lowest BCUT2D eigenvalue weighted by molar-refractivity contribution is -0.121. The van der Waals surface area contributed by atoms with Crippen LogP contribution in [0.2, 0.25) is 0 Å². The van der Waals surface area contributed by atoms with Gasteiger partial charge in [0.1, 0.15) is 10.1 Å². The van der Waals surface area contributed by atoms with E-state index in [0.717, 1.165) is 11.3 Å². The van der Waals surface area contributed by atoms with E-state index in [9.17, 15) is 4.79 Å². The maximum Gasteiger partial charge on any atom is 0.266 e. The van der Waals surface area contributed by atoms with Crippen molar-refractivity contribution in [2.24, 2.45) is 0 Å². The average Bonchev–Trinajstić information content (AvgIpc) is 2.69. The van der Waals surface area contributed by atoms with E-state index in [1.807, 2.05) is 44.2 Å². The molecule has 1 aliphatic rings. The molecule has 0 saturated carbocycles. The van der Waals surface area contributed by atoms with Crippen molar-refractivity contribution < 1.29 is 9.53 Å². The topological polar surface area (TPSA) is 29.5 Å². The van der Waals surface area contributed by atoms with Crippen LogP contribution < -0.4 is 4.74 Å². The molecule has 0 aliphatic carbocycles. The average molecular weight is 319 g/mol. The third kappa shape index (κ3) is 3.74. The number of nitrogens with zero attached hydrogens (tertiary/aromatic N) is 1. The molecule has 1 saturated heterocycles. The first kappa shape index (κ1) is 15.8. The van der Waals surface area contributed by atoms with E-state index in [-0.39, 0.29) is 12.0 Å². The molecule has 0 unspecified atom stereocenters. The van der Waals surface area contributed by atoms with Crippen LogP contribution in [0.15, 0.2) is 41.8 Å². The van der Waals surface area contributed by atoms with Crippen LogP contribution in [0.3, 0.4) is 0 Å². The highest BCUT2D eigenvalue weighted by atomic mass is 32.2. The monoisotopic (exact) mass is 319 g/mol. The van der Waals surface area contributed by atoms with E-state index < -0.39 is 0 Å². The van der Waals surface area contributed by atoms with Gasteiger partial charge in [-0.15, -0.1) is 6.58 Å².